The van der Waals surface area contributed by atoms with E-state index in [0.717, 1.165) is 19.4 Å². The molecule has 1 aliphatic heterocycles. The minimum atomic E-state index is -0.229. The number of likely N-dealkylation sites (N-methyl/N-ethyl adjacent to an activating group) is 1. The molecule has 1 aliphatic rings. The third-order valence-corrected chi connectivity index (χ3v) is 3.26. The Morgan fingerprint density at radius 3 is 3.00 bits per heavy atom. The molecule has 0 aliphatic carbocycles. The number of nitrogens with zero attached hydrogens (tertiary/aromatic N) is 3. The molecular formula is C11H13Cl2N3O2. The number of carbonyl (C=O) groups is 1. The molecule has 2 rings (SSSR count). The van der Waals surface area contributed by atoms with Crippen molar-refractivity contribution in [3.05, 3.63) is 21.9 Å². The number of hydrogen-bond acceptors (Lipinski definition) is 4. The lowest BCUT2D eigenvalue weighted by atomic mass is 10.2. The van der Waals surface area contributed by atoms with E-state index in [1.807, 2.05) is 0 Å². The Hall–Kier alpha value is -0.910. The largest absolute Gasteiger partial charge is 0.376 e. The summed E-state index contributed by atoms with van der Waals surface area (Å²) in [6, 6.07) is 1.42. The highest BCUT2D eigenvalue weighted by molar-refractivity contribution is 6.34. The van der Waals surface area contributed by atoms with E-state index < -0.39 is 0 Å². The van der Waals surface area contributed by atoms with E-state index in [1.54, 1.807) is 11.9 Å². The lowest BCUT2D eigenvalue weighted by Gasteiger charge is -2.21. The summed E-state index contributed by atoms with van der Waals surface area (Å²) in [5.41, 5.74) is 0.261. The number of hydrogen-bond donors (Lipinski definition) is 0. The van der Waals surface area contributed by atoms with E-state index in [0.29, 0.717) is 6.54 Å². The predicted octanol–water partition coefficient (Wildman–Crippen LogP) is 2.03. The molecule has 1 aromatic heterocycles. The Balaban J connectivity index is 2.07. The van der Waals surface area contributed by atoms with Gasteiger partial charge < -0.3 is 9.64 Å². The molecule has 0 aromatic carbocycles. The summed E-state index contributed by atoms with van der Waals surface area (Å²) in [4.78, 5) is 13.7. The first-order valence-electron chi connectivity index (χ1n) is 5.63. The van der Waals surface area contributed by atoms with Gasteiger partial charge in [-0.15, -0.1) is 10.2 Å². The summed E-state index contributed by atoms with van der Waals surface area (Å²) >= 11 is 11.5. The van der Waals surface area contributed by atoms with E-state index in [9.17, 15) is 4.79 Å². The molecule has 1 aromatic rings. The summed E-state index contributed by atoms with van der Waals surface area (Å²) < 4.78 is 5.48. The van der Waals surface area contributed by atoms with Gasteiger partial charge in [0.15, 0.2) is 10.3 Å². The molecule has 0 spiro atoms. The third kappa shape index (κ3) is 3.10. The van der Waals surface area contributed by atoms with Crippen molar-refractivity contribution in [2.45, 2.75) is 18.9 Å². The second kappa shape index (κ2) is 5.82. The van der Waals surface area contributed by atoms with Crippen LogP contribution in [-0.4, -0.2) is 47.3 Å². The molecule has 2 heterocycles. The zero-order valence-corrected chi connectivity index (χ0v) is 11.4. The van der Waals surface area contributed by atoms with Crippen LogP contribution in [0.4, 0.5) is 0 Å². The topological polar surface area (TPSA) is 55.3 Å². The van der Waals surface area contributed by atoms with Crippen LogP contribution < -0.4 is 0 Å². The van der Waals surface area contributed by atoms with Crippen molar-refractivity contribution in [3.8, 4) is 0 Å². The van der Waals surface area contributed by atoms with E-state index in [2.05, 4.69) is 10.2 Å². The monoisotopic (exact) mass is 289 g/mol. The highest BCUT2D eigenvalue weighted by Crippen LogP contribution is 2.19. The van der Waals surface area contributed by atoms with Crippen LogP contribution in [0.3, 0.4) is 0 Å². The average Bonchev–Trinajstić information content (AvgIpc) is 2.84. The number of ether oxygens (including phenoxy) is 1. The van der Waals surface area contributed by atoms with Crippen LogP contribution in [0.1, 0.15) is 23.2 Å². The Morgan fingerprint density at radius 2 is 2.33 bits per heavy atom. The van der Waals surface area contributed by atoms with Gasteiger partial charge in [-0.3, -0.25) is 4.79 Å². The van der Waals surface area contributed by atoms with Crippen LogP contribution in [0.5, 0.6) is 0 Å². The summed E-state index contributed by atoms with van der Waals surface area (Å²) in [7, 11) is 1.70. The standard InChI is InChI=1S/C11H13Cl2N3O2/c1-16(6-7-3-2-4-18-7)11(17)8-5-9(12)14-15-10(8)13/h5,7H,2-4,6H2,1H3. The maximum atomic E-state index is 12.2. The number of rotatable bonds is 3. The lowest BCUT2D eigenvalue weighted by Crippen LogP contribution is -2.34. The SMILES string of the molecule is CN(CC1CCCO1)C(=O)c1cc(Cl)nnc1Cl. The second-order valence-electron chi connectivity index (χ2n) is 4.19. The van der Waals surface area contributed by atoms with Gasteiger partial charge in [-0.2, -0.15) is 0 Å². The van der Waals surface area contributed by atoms with Crippen molar-refractivity contribution >= 4 is 29.1 Å². The zero-order valence-electron chi connectivity index (χ0n) is 9.90. The molecule has 0 radical (unpaired) electrons. The maximum Gasteiger partial charge on any atom is 0.256 e. The molecule has 1 unspecified atom stereocenters. The smallest absolute Gasteiger partial charge is 0.256 e. The molecule has 18 heavy (non-hydrogen) atoms. The minimum absolute atomic E-state index is 0.0589. The minimum Gasteiger partial charge on any atom is -0.376 e. The van der Waals surface area contributed by atoms with Gasteiger partial charge in [-0.25, -0.2) is 0 Å². The summed E-state index contributed by atoms with van der Waals surface area (Å²) in [6.07, 6.45) is 2.11. The molecule has 0 bridgehead atoms. The molecular weight excluding hydrogens is 277 g/mol. The number of aromatic nitrogens is 2. The van der Waals surface area contributed by atoms with Crippen molar-refractivity contribution in [1.29, 1.82) is 0 Å². The molecule has 98 valence electrons. The van der Waals surface area contributed by atoms with E-state index in [1.165, 1.54) is 6.07 Å². The first-order valence-corrected chi connectivity index (χ1v) is 6.39. The highest BCUT2D eigenvalue weighted by atomic mass is 35.5. The van der Waals surface area contributed by atoms with E-state index in [4.69, 9.17) is 27.9 Å². The van der Waals surface area contributed by atoms with Crippen molar-refractivity contribution in [2.75, 3.05) is 20.2 Å². The van der Waals surface area contributed by atoms with Crippen LogP contribution in [-0.2, 0) is 4.74 Å². The van der Waals surface area contributed by atoms with Crippen LogP contribution in [0, 0.1) is 0 Å². The van der Waals surface area contributed by atoms with E-state index >= 15 is 0 Å². The predicted molar refractivity (Wildman–Crippen MR) is 68.0 cm³/mol. The van der Waals surface area contributed by atoms with Crippen molar-refractivity contribution < 1.29 is 9.53 Å². The first-order chi connectivity index (χ1) is 8.58. The molecule has 5 nitrogen and oxygen atoms in total. The van der Waals surface area contributed by atoms with Gasteiger partial charge in [0.1, 0.15) is 0 Å². The van der Waals surface area contributed by atoms with Crippen molar-refractivity contribution in [3.63, 3.8) is 0 Å². The van der Waals surface area contributed by atoms with Gasteiger partial charge >= 0.3 is 0 Å². The average molecular weight is 290 g/mol. The van der Waals surface area contributed by atoms with Gasteiger partial charge in [0.05, 0.1) is 11.7 Å². The fourth-order valence-electron chi connectivity index (χ4n) is 1.89. The lowest BCUT2D eigenvalue weighted by molar-refractivity contribution is 0.0586. The van der Waals surface area contributed by atoms with Crippen molar-refractivity contribution in [1.82, 2.24) is 15.1 Å². The molecule has 1 amide bonds. The Labute approximate surface area is 115 Å². The fourth-order valence-corrected chi connectivity index (χ4v) is 2.21. The Kier molecular flexibility index (Phi) is 4.37. The van der Waals surface area contributed by atoms with Crippen LogP contribution in [0.25, 0.3) is 0 Å². The number of halogens is 2. The molecule has 1 saturated heterocycles. The summed E-state index contributed by atoms with van der Waals surface area (Å²) in [5.74, 6) is -0.229. The molecule has 7 heteroatoms. The maximum absolute atomic E-state index is 12.2. The fraction of sp³-hybridized carbons (Fsp3) is 0.545. The van der Waals surface area contributed by atoms with Crippen molar-refractivity contribution in [2.24, 2.45) is 0 Å². The third-order valence-electron chi connectivity index (χ3n) is 2.80. The van der Waals surface area contributed by atoms with Crippen LogP contribution in [0.15, 0.2) is 6.07 Å². The van der Waals surface area contributed by atoms with E-state index in [-0.39, 0.29) is 27.9 Å². The van der Waals surface area contributed by atoms with Crippen LogP contribution >= 0.6 is 23.2 Å². The zero-order chi connectivity index (χ0) is 13.1. The van der Waals surface area contributed by atoms with Gasteiger partial charge in [-0.05, 0) is 18.9 Å². The molecule has 0 saturated carbocycles. The highest BCUT2D eigenvalue weighted by Gasteiger charge is 2.22. The molecule has 1 fully saturated rings. The quantitative estimate of drug-likeness (QED) is 0.854. The summed E-state index contributed by atoms with van der Waals surface area (Å²) in [5, 5.41) is 7.40. The normalized spacial score (nSPS) is 18.9. The van der Waals surface area contributed by atoms with Gasteiger partial charge in [0, 0.05) is 20.2 Å². The summed E-state index contributed by atoms with van der Waals surface area (Å²) in [6.45, 7) is 1.30. The van der Waals surface area contributed by atoms with Gasteiger partial charge in [0.25, 0.3) is 5.91 Å². The molecule has 0 N–H and O–H groups in total. The Bertz CT molecular complexity index is 450. The van der Waals surface area contributed by atoms with Gasteiger partial charge in [0.2, 0.25) is 0 Å². The number of carbonyl (C=O) groups excluding carboxylic acids is 1. The van der Waals surface area contributed by atoms with Gasteiger partial charge in [-0.1, -0.05) is 23.2 Å². The number of amides is 1. The molecule has 1 atom stereocenters. The first kappa shape index (κ1) is 13.5. The van der Waals surface area contributed by atoms with Crippen LogP contribution in [0.2, 0.25) is 10.3 Å². The Morgan fingerprint density at radius 1 is 1.56 bits per heavy atom. The second-order valence-corrected chi connectivity index (χ2v) is 4.94.